The second kappa shape index (κ2) is 8.06. The monoisotopic (exact) mass is 520 g/mol. The maximum Gasteiger partial charge on any atom is 0.375 e. The third-order valence-corrected chi connectivity index (χ3v) is 10.5. The van der Waals surface area contributed by atoms with E-state index in [0.717, 1.165) is 5.57 Å². The molecule has 0 bridgehead atoms. The van der Waals surface area contributed by atoms with E-state index in [-0.39, 0.29) is 47.4 Å². The lowest BCUT2D eigenvalue weighted by molar-refractivity contribution is -0.199. The van der Waals surface area contributed by atoms with Gasteiger partial charge in [-0.25, -0.2) is 4.79 Å². The number of ketones is 2. The zero-order chi connectivity index (χ0) is 25.4. The topological polar surface area (TPSA) is 93.8 Å². The third-order valence-electron chi connectivity index (χ3n) is 9.73. The molecule has 6 nitrogen and oxygen atoms in total. The highest BCUT2D eigenvalue weighted by Crippen LogP contribution is 2.71. The quantitative estimate of drug-likeness (QED) is 0.449. The second-order valence-corrected chi connectivity index (χ2v) is 11.9. The number of ether oxygens (including phenoxy) is 1. The molecule has 0 aromatic carbocycles. The van der Waals surface area contributed by atoms with E-state index in [0.29, 0.717) is 19.3 Å². The molecule has 0 aliphatic heterocycles. The number of alkyl halides is 2. The number of carbonyl (C=O) groups is 3. The molecule has 1 aromatic heterocycles. The van der Waals surface area contributed by atoms with E-state index in [9.17, 15) is 19.5 Å². The first-order chi connectivity index (χ1) is 16.5. The van der Waals surface area contributed by atoms with Crippen LogP contribution in [0.15, 0.2) is 46.6 Å². The Balaban J connectivity index is 1.61. The molecule has 5 rings (SSSR count). The molecule has 0 saturated heterocycles. The Morgan fingerprint density at radius 2 is 2.03 bits per heavy atom. The van der Waals surface area contributed by atoms with Gasteiger partial charge in [0, 0.05) is 16.7 Å². The molecule has 3 saturated carbocycles. The zero-order valence-electron chi connectivity index (χ0n) is 20.1. The average Bonchev–Trinajstić information content (AvgIpc) is 3.42. The molecule has 188 valence electrons. The van der Waals surface area contributed by atoms with Crippen molar-refractivity contribution in [3.8, 4) is 0 Å². The average molecular weight is 521 g/mol. The first-order valence-electron chi connectivity index (χ1n) is 12.1. The summed E-state index contributed by atoms with van der Waals surface area (Å²) < 4.78 is 11.4. The van der Waals surface area contributed by atoms with Crippen LogP contribution in [-0.2, 0) is 14.3 Å². The molecule has 3 fully saturated rings. The first-order valence-corrected chi connectivity index (χ1v) is 13.1. The lowest BCUT2D eigenvalue weighted by atomic mass is 9.44. The van der Waals surface area contributed by atoms with Crippen LogP contribution in [0.2, 0.25) is 0 Å². The van der Waals surface area contributed by atoms with Crippen molar-refractivity contribution in [2.24, 2.45) is 28.6 Å². The predicted molar refractivity (Wildman–Crippen MR) is 130 cm³/mol. The number of rotatable bonds is 4. The Bertz CT molecular complexity index is 1140. The zero-order valence-corrected chi connectivity index (χ0v) is 21.6. The summed E-state index contributed by atoms with van der Waals surface area (Å²) in [4.78, 5) is 38.8. The van der Waals surface area contributed by atoms with Gasteiger partial charge in [-0.1, -0.05) is 25.5 Å². The molecule has 4 aliphatic rings. The molecule has 1 N–H and O–H groups in total. The van der Waals surface area contributed by atoms with Crippen molar-refractivity contribution in [3.05, 3.63) is 48.0 Å². The summed E-state index contributed by atoms with van der Waals surface area (Å²) in [5.41, 5.74) is -3.60. The van der Waals surface area contributed by atoms with Crippen LogP contribution in [0.25, 0.3) is 0 Å². The number of furan rings is 1. The Kier molecular flexibility index (Phi) is 5.71. The molecule has 1 aromatic rings. The SMILES string of the molecule is C[C@@H]1C[C@H]2[C@@H]3CCC4=CC(=O)C=C[C@]4(C)[C@@]3(O)[C@@H](Cl)C[C@]2(C)[C@@]1(OC(=O)c1ccco1)C(=O)CCl. The Morgan fingerprint density at radius 3 is 2.69 bits per heavy atom. The molecular weight excluding hydrogens is 491 g/mol. The van der Waals surface area contributed by atoms with E-state index in [1.165, 1.54) is 18.4 Å². The number of aliphatic hydroxyl groups is 1. The standard InChI is InChI=1S/C27H30Cl2O6/c1-15-11-19-18-7-6-16-12-17(30)8-9-24(16,2)26(18,33)21(29)13-25(19,3)27(15,22(31)14-28)35-23(32)20-5-4-10-34-20/h4-5,8-10,12,15,18-19,21,33H,6-7,11,13-14H2,1-3H3/t15-,18+,19+,21+,24+,25+,26+,27+/m1/s1. The van der Waals surface area contributed by atoms with Gasteiger partial charge in [-0.2, -0.15) is 0 Å². The van der Waals surface area contributed by atoms with Gasteiger partial charge in [0.1, 0.15) is 0 Å². The summed E-state index contributed by atoms with van der Waals surface area (Å²) >= 11 is 13.2. The summed E-state index contributed by atoms with van der Waals surface area (Å²) in [6.07, 6.45) is 8.37. The summed E-state index contributed by atoms with van der Waals surface area (Å²) in [6.45, 7) is 5.79. The van der Waals surface area contributed by atoms with Gasteiger partial charge < -0.3 is 14.3 Å². The van der Waals surface area contributed by atoms with E-state index < -0.39 is 33.4 Å². The number of esters is 1. The maximum atomic E-state index is 13.6. The third kappa shape index (κ3) is 3.02. The maximum absolute atomic E-state index is 13.6. The number of hydrogen-bond acceptors (Lipinski definition) is 6. The second-order valence-electron chi connectivity index (χ2n) is 11.1. The normalized spacial score (nSPS) is 44.2. The van der Waals surface area contributed by atoms with E-state index in [1.54, 1.807) is 18.2 Å². The van der Waals surface area contributed by atoms with Gasteiger partial charge in [-0.3, -0.25) is 9.59 Å². The largest absolute Gasteiger partial charge is 0.457 e. The van der Waals surface area contributed by atoms with Crippen LogP contribution in [-0.4, -0.2) is 45.1 Å². The fraction of sp³-hybridized carbons (Fsp3) is 0.593. The lowest BCUT2D eigenvalue weighted by Crippen LogP contribution is -2.70. The molecule has 0 spiro atoms. The van der Waals surface area contributed by atoms with Gasteiger partial charge >= 0.3 is 5.97 Å². The summed E-state index contributed by atoms with van der Waals surface area (Å²) in [5.74, 6) is -2.23. The van der Waals surface area contributed by atoms with Crippen molar-refractivity contribution in [1.29, 1.82) is 0 Å². The number of Topliss-reactive ketones (excluding diaryl/α,β-unsaturated/α-hetero) is 1. The molecule has 0 unspecified atom stereocenters. The first kappa shape index (κ1) is 24.8. The molecule has 0 radical (unpaired) electrons. The predicted octanol–water partition coefficient (Wildman–Crippen LogP) is 4.87. The van der Waals surface area contributed by atoms with Gasteiger partial charge in [-0.05, 0) is 68.7 Å². The van der Waals surface area contributed by atoms with Crippen LogP contribution in [0.4, 0.5) is 0 Å². The van der Waals surface area contributed by atoms with Crippen LogP contribution in [0, 0.1) is 28.6 Å². The number of hydrogen-bond donors (Lipinski definition) is 1. The Morgan fingerprint density at radius 1 is 1.29 bits per heavy atom. The van der Waals surface area contributed by atoms with Crippen molar-refractivity contribution < 1.29 is 28.6 Å². The van der Waals surface area contributed by atoms with Crippen molar-refractivity contribution in [1.82, 2.24) is 0 Å². The lowest BCUT2D eigenvalue weighted by Gasteiger charge is -2.64. The van der Waals surface area contributed by atoms with Crippen molar-refractivity contribution in [2.75, 3.05) is 5.88 Å². The number of fused-ring (bicyclic) bond motifs is 5. The van der Waals surface area contributed by atoms with Crippen molar-refractivity contribution in [2.45, 2.75) is 63.0 Å². The molecular formula is C27H30Cl2O6. The van der Waals surface area contributed by atoms with Crippen LogP contribution in [0.3, 0.4) is 0 Å². The van der Waals surface area contributed by atoms with Crippen molar-refractivity contribution in [3.63, 3.8) is 0 Å². The van der Waals surface area contributed by atoms with Gasteiger partial charge in [0.25, 0.3) is 0 Å². The Labute approximate surface area is 214 Å². The minimum absolute atomic E-state index is 0.0118. The molecule has 0 amide bonds. The van der Waals surface area contributed by atoms with E-state index >= 15 is 0 Å². The van der Waals surface area contributed by atoms with Gasteiger partial charge in [0.05, 0.1) is 23.1 Å². The van der Waals surface area contributed by atoms with E-state index in [1.807, 2.05) is 20.8 Å². The molecule has 1 heterocycles. The highest BCUT2D eigenvalue weighted by Gasteiger charge is 2.76. The fourth-order valence-corrected chi connectivity index (χ4v) is 8.98. The van der Waals surface area contributed by atoms with Gasteiger partial charge in [-0.15, -0.1) is 23.2 Å². The summed E-state index contributed by atoms with van der Waals surface area (Å²) in [5, 5.41) is 11.6. The Hall–Kier alpha value is -1.89. The minimum Gasteiger partial charge on any atom is -0.457 e. The van der Waals surface area contributed by atoms with Gasteiger partial charge in [0.2, 0.25) is 5.76 Å². The molecule has 35 heavy (non-hydrogen) atoms. The van der Waals surface area contributed by atoms with Gasteiger partial charge in [0.15, 0.2) is 17.2 Å². The summed E-state index contributed by atoms with van der Waals surface area (Å²) in [6, 6.07) is 3.08. The smallest absolute Gasteiger partial charge is 0.375 e. The number of carbonyl (C=O) groups excluding carboxylic acids is 3. The number of halogens is 2. The highest BCUT2D eigenvalue weighted by atomic mass is 35.5. The van der Waals surface area contributed by atoms with Crippen LogP contribution >= 0.6 is 23.2 Å². The van der Waals surface area contributed by atoms with Crippen LogP contribution in [0.5, 0.6) is 0 Å². The fourth-order valence-electron chi connectivity index (χ4n) is 8.07. The molecule has 8 heteroatoms. The van der Waals surface area contributed by atoms with E-state index in [2.05, 4.69) is 0 Å². The van der Waals surface area contributed by atoms with Crippen molar-refractivity contribution >= 4 is 40.7 Å². The highest BCUT2D eigenvalue weighted by molar-refractivity contribution is 6.29. The molecule has 8 atom stereocenters. The molecule has 4 aliphatic carbocycles. The van der Waals surface area contributed by atoms with E-state index in [4.69, 9.17) is 32.4 Å². The van der Waals surface area contributed by atoms with Crippen LogP contribution in [0.1, 0.15) is 57.0 Å². The number of allylic oxidation sites excluding steroid dienone is 2. The minimum atomic E-state index is -1.51. The summed E-state index contributed by atoms with van der Waals surface area (Å²) in [7, 11) is 0. The van der Waals surface area contributed by atoms with Crippen LogP contribution < -0.4 is 0 Å².